The van der Waals surface area contributed by atoms with Gasteiger partial charge in [-0.25, -0.2) is 13.4 Å². The summed E-state index contributed by atoms with van der Waals surface area (Å²) in [7, 11) is -1.95. The number of hydrogen-bond acceptors (Lipinski definition) is 6. The Kier molecular flexibility index (Phi) is 4.87. The van der Waals surface area contributed by atoms with Crippen molar-refractivity contribution in [3.8, 4) is 0 Å². The zero-order valence-electron chi connectivity index (χ0n) is 13.8. The molecule has 1 aromatic carbocycles. The van der Waals surface area contributed by atoms with E-state index in [0.29, 0.717) is 16.0 Å². The predicted octanol–water partition coefficient (Wildman–Crippen LogP) is 2.31. The molecule has 2 aromatic heterocycles. The number of H-pyrrole nitrogens is 1. The van der Waals surface area contributed by atoms with Gasteiger partial charge in [-0.3, -0.25) is 9.59 Å². The number of carbonyl (C=O) groups excluding carboxylic acids is 1. The molecule has 3 aromatic rings. The Morgan fingerprint density at radius 2 is 2.08 bits per heavy atom. The summed E-state index contributed by atoms with van der Waals surface area (Å²) in [5.74, 6) is -0.152. The quantitative estimate of drug-likeness (QED) is 0.710. The maximum atomic E-state index is 12.7. The van der Waals surface area contributed by atoms with Crippen molar-refractivity contribution in [1.82, 2.24) is 14.9 Å². The average molecular weight is 412 g/mol. The van der Waals surface area contributed by atoms with Crippen LogP contribution in [0.25, 0.3) is 10.2 Å². The molecule has 0 saturated heterocycles. The number of aromatic nitrogens is 2. The van der Waals surface area contributed by atoms with Crippen LogP contribution in [0.1, 0.15) is 16.2 Å². The number of hydrogen-bond donors (Lipinski definition) is 1. The number of amides is 1. The average Bonchev–Trinajstić information content (AvgIpc) is 3.02. The molecule has 0 radical (unpaired) electrons. The molecule has 0 spiro atoms. The molecular formula is C16H14ClN3O4S2. The number of thiophene rings is 1. The number of rotatable bonds is 4. The highest BCUT2D eigenvalue weighted by Gasteiger charge is 2.19. The van der Waals surface area contributed by atoms with Gasteiger partial charge in [0.1, 0.15) is 10.5 Å². The van der Waals surface area contributed by atoms with Crippen LogP contribution in [-0.4, -0.2) is 42.5 Å². The van der Waals surface area contributed by atoms with Crippen LogP contribution in [-0.2, 0) is 16.4 Å². The smallest absolute Gasteiger partial charge is 0.268 e. The lowest BCUT2D eigenvalue weighted by Gasteiger charge is -2.17. The minimum Gasteiger partial charge on any atom is -0.334 e. The maximum Gasteiger partial charge on any atom is 0.268 e. The van der Waals surface area contributed by atoms with Gasteiger partial charge in [0, 0.05) is 13.3 Å². The van der Waals surface area contributed by atoms with Crippen LogP contribution >= 0.6 is 22.9 Å². The molecule has 136 valence electrons. The van der Waals surface area contributed by atoms with Gasteiger partial charge < -0.3 is 9.88 Å². The minimum absolute atomic E-state index is 0.00451. The molecule has 3 rings (SSSR count). The normalized spacial score (nSPS) is 11.7. The molecule has 0 fully saturated rings. The topological polar surface area (TPSA) is 100 Å². The van der Waals surface area contributed by atoms with E-state index in [0.717, 1.165) is 6.26 Å². The molecule has 1 amide bonds. The maximum absolute atomic E-state index is 12.7. The van der Waals surface area contributed by atoms with Crippen molar-refractivity contribution in [3.63, 3.8) is 0 Å². The lowest BCUT2D eigenvalue weighted by molar-refractivity contribution is 0.0781. The Hall–Kier alpha value is -2.23. The second-order valence-electron chi connectivity index (χ2n) is 5.72. The van der Waals surface area contributed by atoms with Crippen LogP contribution in [0.3, 0.4) is 0 Å². The molecular weight excluding hydrogens is 398 g/mol. The van der Waals surface area contributed by atoms with Crippen molar-refractivity contribution in [2.45, 2.75) is 11.4 Å². The number of aromatic amines is 1. The lowest BCUT2D eigenvalue weighted by atomic mass is 10.2. The Bertz CT molecular complexity index is 1170. The number of fused-ring (bicyclic) bond motifs is 1. The molecule has 0 atom stereocenters. The van der Waals surface area contributed by atoms with Gasteiger partial charge in [0.15, 0.2) is 9.84 Å². The van der Waals surface area contributed by atoms with Crippen LogP contribution in [0.2, 0.25) is 5.02 Å². The summed E-state index contributed by atoms with van der Waals surface area (Å²) in [6.07, 6.45) is 1.05. The number of nitrogens with zero attached hydrogens (tertiary/aromatic N) is 2. The van der Waals surface area contributed by atoms with Crippen molar-refractivity contribution in [2.75, 3.05) is 13.3 Å². The van der Waals surface area contributed by atoms with E-state index >= 15 is 0 Å². The summed E-state index contributed by atoms with van der Waals surface area (Å²) < 4.78 is 23.9. The molecule has 26 heavy (non-hydrogen) atoms. The molecule has 0 aliphatic rings. The molecule has 0 bridgehead atoms. The fourth-order valence-electron chi connectivity index (χ4n) is 2.40. The number of sulfone groups is 1. The van der Waals surface area contributed by atoms with Gasteiger partial charge in [0.2, 0.25) is 0 Å². The van der Waals surface area contributed by atoms with Crippen LogP contribution in [0, 0.1) is 0 Å². The van der Waals surface area contributed by atoms with Gasteiger partial charge in [-0.05, 0) is 29.6 Å². The molecule has 0 saturated carbocycles. The van der Waals surface area contributed by atoms with E-state index in [-0.39, 0.29) is 27.6 Å². The Morgan fingerprint density at radius 1 is 1.35 bits per heavy atom. The number of nitrogens with one attached hydrogen (secondary N) is 1. The highest BCUT2D eigenvalue weighted by molar-refractivity contribution is 7.90. The summed E-state index contributed by atoms with van der Waals surface area (Å²) in [6.45, 7) is 0.0410. The number of carbonyl (C=O) groups is 1. The van der Waals surface area contributed by atoms with E-state index in [9.17, 15) is 18.0 Å². The summed E-state index contributed by atoms with van der Waals surface area (Å²) in [5.41, 5.74) is 0.362. The van der Waals surface area contributed by atoms with Crippen LogP contribution in [0.5, 0.6) is 0 Å². The van der Waals surface area contributed by atoms with E-state index in [2.05, 4.69) is 9.97 Å². The van der Waals surface area contributed by atoms with Gasteiger partial charge in [0.25, 0.3) is 11.5 Å². The third-order valence-corrected chi connectivity index (χ3v) is 6.04. The minimum atomic E-state index is -3.47. The Morgan fingerprint density at radius 3 is 2.77 bits per heavy atom. The van der Waals surface area contributed by atoms with Crippen molar-refractivity contribution in [1.29, 1.82) is 0 Å². The first-order valence-electron chi connectivity index (χ1n) is 7.38. The summed E-state index contributed by atoms with van der Waals surface area (Å²) in [5, 5.41) is 1.91. The Balaban J connectivity index is 1.91. The summed E-state index contributed by atoms with van der Waals surface area (Å²) in [4.78, 5) is 33.0. The first kappa shape index (κ1) is 18.6. The van der Waals surface area contributed by atoms with E-state index < -0.39 is 15.7 Å². The Labute approximate surface area is 158 Å². The molecule has 10 heteroatoms. The first-order chi connectivity index (χ1) is 12.2. The fourth-order valence-corrected chi connectivity index (χ4v) is 3.97. The number of halogens is 1. The second kappa shape index (κ2) is 6.82. The SMILES string of the molecule is CN(Cc1nc2ccsc2c(=O)[nH]1)C(=O)c1cc(S(C)(=O)=O)ccc1Cl. The van der Waals surface area contributed by atoms with Crippen molar-refractivity contribution in [3.05, 3.63) is 56.4 Å². The summed E-state index contributed by atoms with van der Waals surface area (Å²) in [6, 6.07) is 5.69. The van der Waals surface area contributed by atoms with Crippen molar-refractivity contribution in [2.24, 2.45) is 0 Å². The third kappa shape index (κ3) is 3.64. The van der Waals surface area contributed by atoms with E-state index in [1.165, 1.54) is 41.5 Å². The lowest BCUT2D eigenvalue weighted by Crippen LogP contribution is -2.28. The van der Waals surface area contributed by atoms with E-state index in [4.69, 9.17) is 11.6 Å². The molecule has 0 aliphatic carbocycles. The van der Waals surface area contributed by atoms with Crippen LogP contribution < -0.4 is 5.56 Å². The largest absolute Gasteiger partial charge is 0.334 e. The van der Waals surface area contributed by atoms with E-state index in [1.54, 1.807) is 11.4 Å². The second-order valence-corrected chi connectivity index (χ2v) is 9.06. The molecule has 0 aliphatic heterocycles. The zero-order valence-corrected chi connectivity index (χ0v) is 16.2. The van der Waals surface area contributed by atoms with Gasteiger partial charge in [0.05, 0.1) is 27.5 Å². The fraction of sp³-hybridized carbons (Fsp3) is 0.188. The summed E-state index contributed by atoms with van der Waals surface area (Å²) >= 11 is 7.35. The van der Waals surface area contributed by atoms with Gasteiger partial charge >= 0.3 is 0 Å². The van der Waals surface area contributed by atoms with Crippen LogP contribution in [0.4, 0.5) is 0 Å². The standard InChI is InChI=1S/C16H14ClN3O4S2/c1-20(8-13-18-12-5-6-25-14(12)15(21)19-13)16(22)10-7-9(26(2,23)24)3-4-11(10)17/h3-7H,8H2,1-2H3,(H,18,19,21). The van der Waals surface area contributed by atoms with Crippen LogP contribution in [0.15, 0.2) is 39.3 Å². The van der Waals surface area contributed by atoms with Crippen molar-refractivity contribution < 1.29 is 13.2 Å². The van der Waals surface area contributed by atoms with Gasteiger partial charge in [-0.1, -0.05) is 11.6 Å². The molecule has 0 unspecified atom stereocenters. The molecule has 2 heterocycles. The van der Waals surface area contributed by atoms with E-state index in [1.807, 2.05) is 0 Å². The van der Waals surface area contributed by atoms with Gasteiger partial charge in [-0.15, -0.1) is 11.3 Å². The molecule has 1 N–H and O–H groups in total. The highest BCUT2D eigenvalue weighted by atomic mass is 35.5. The predicted molar refractivity (Wildman–Crippen MR) is 101 cm³/mol. The highest BCUT2D eigenvalue weighted by Crippen LogP contribution is 2.22. The number of benzene rings is 1. The van der Waals surface area contributed by atoms with Crippen molar-refractivity contribution >= 4 is 48.9 Å². The monoisotopic (exact) mass is 411 g/mol. The first-order valence-corrected chi connectivity index (χ1v) is 10.5. The third-order valence-electron chi connectivity index (χ3n) is 3.69. The zero-order chi connectivity index (χ0) is 19.1. The van der Waals surface area contributed by atoms with Gasteiger partial charge in [-0.2, -0.15) is 0 Å². The molecule has 7 nitrogen and oxygen atoms in total.